The molecule has 1 saturated heterocycles. The minimum absolute atomic E-state index is 0.111. The van der Waals surface area contributed by atoms with Gasteiger partial charge in [0.1, 0.15) is 0 Å². The van der Waals surface area contributed by atoms with Crippen LogP contribution in [0.25, 0.3) is 0 Å². The van der Waals surface area contributed by atoms with Crippen molar-refractivity contribution in [2.75, 3.05) is 25.1 Å². The molecular formula is C12H22N2O3S. The van der Waals surface area contributed by atoms with Crippen LogP contribution in [-0.2, 0) is 9.59 Å². The van der Waals surface area contributed by atoms with E-state index in [-0.39, 0.29) is 5.91 Å². The molecule has 6 heteroatoms. The molecule has 0 aliphatic carbocycles. The molecule has 0 aromatic heterocycles. The Bertz CT molecular complexity index is 324. The monoisotopic (exact) mass is 274 g/mol. The van der Waals surface area contributed by atoms with Gasteiger partial charge in [0.15, 0.2) is 0 Å². The molecule has 1 fully saturated rings. The Hall–Kier alpha value is -0.750. The number of nitrogens with two attached hydrogens (primary N) is 1. The molecule has 0 bridgehead atoms. The van der Waals surface area contributed by atoms with Crippen LogP contribution in [0.3, 0.4) is 0 Å². The molecule has 1 aliphatic rings. The first-order valence-electron chi connectivity index (χ1n) is 6.23. The van der Waals surface area contributed by atoms with Crippen LogP contribution < -0.4 is 5.73 Å². The highest BCUT2D eigenvalue weighted by atomic mass is 32.2. The molecule has 1 heterocycles. The second kappa shape index (κ2) is 6.43. The van der Waals surface area contributed by atoms with Crippen molar-refractivity contribution < 1.29 is 14.7 Å². The molecule has 1 aliphatic heterocycles. The number of likely N-dealkylation sites (tertiary alicyclic amines) is 1. The fraction of sp³-hybridized carbons (Fsp3) is 0.833. The van der Waals surface area contributed by atoms with Gasteiger partial charge >= 0.3 is 5.97 Å². The molecule has 2 atom stereocenters. The van der Waals surface area contributed by atoms with Crippen LogP contribution in [0.4, 0.5) is 0 Å². The van der Waals surface area contributed by atoms with E-state index >= 15 is 0 Å². The average Bonchev–Trinajstić information content (AvgIpc) is 2.80. The number of hydrogen-bond acceptors (Lipinski definition) is 4. The first kappa shape index (κ1) is 15.3. The molecule has 104 valence electrons. The van der Waals surface area contributed by atoms with Crippen molar-refractivity contribution >= 4 is 23.6 Å². The Balaban J connectivity index is 2.60. The molecule has 1 amide bonds. The van der Waals surface area contributed by atoms with Crippen molar-refractivity contribution in [1.82, 2.24) is 4.90 Å². The number of carboxylic acids is 1. The summed E-state index contributed by atoms with van der Waals surface area (Å²) in [7, 11) is 0. The Kier molecular flexibility index (Phi) is 5.47. The maximum atomic E-state index is 12.1. The maximum Gasteiger partial charge on any atom is 0.311 e. The van der Waals surface area contributed by atoms with Crippen molar-refractivity contribution in [3.8, 4) is 0 Å². The van der Waals surface area contributed by atoms with Crippen molar-refractivity contribution in [3.63, 3.8) is 0 Å². The molecule has 1 rings (SSSR count). The number of amides is 1. The van der Waals surface area contributed by atoms with Crippen LogP contribution in [0.2, 0.25) is 0 Å². The van der Waals surface area contributed by atoms with Gasteiger partial charge in [0.2, 0.25) is 5.91 Å². The van der Waals surface area contributed by atoms with E-state index in [9.17, 15) is 14.7 Å². The summed E-state index contributed by atoms with van der Waals surface area (Å²) in [5.74, 6) is -0.0721. The van der Waals surface area contributed by atoms with Crippen molar-refractivity contribution in [1.29, 1.82) is 0 Å². The van der Waals surface area contributed by atoms with Gasteiger partial charge in [-0.3, -0.25) is 9.59 Å². The van der Waals surface area contributed by atoms with E-state index in [2.05, 4.69) is 0 Å². The zero-order valence-corrected chi connectivity index (χ0v) is 11.8. The molecule has 3 N–H and O–H groups in total. The summed E-state index contributed by atoms with van der Waals surface area (Å²) in [5.41, 5.74) is 5.07. The molecule has 5 nitrogen and oxygen atoms in total. The quantitative estimate of drug-likeness (QED) is 0.748. The second-order valence-corrected chi connectivity index (χ2v) is 5.82. The van der Waals surface area contributed by atoms with Gasteiger partial charge in [-0.1, -0.05) is 6.92 Å². The van der Waals surface area contributed by atoms with E-state index in [1.165, 1.54) is 0 Å². The highest BCUT2D eigenvalue weighted by molar-refractivity contribution is 7.98. The predicted octanol–water partition coefficient (Wildman–Crippen LogP) is 0.780. The molecule has 18 heavy (non-hydrogen) atoms. The number of carboxylic acid groups (broad SMARTS) is 1. The molecule has 0 radical (unpaired) electrons. The minimum Gasteiger partial charge on any atom is -0.481 e. The third-order valence-electron chi connectivity index (χ3n) is 3.75. The van der Waals surface area contributed by atoms with Gasteiger partial charge in [0, 0.05) is 13.1 Å². The number of thioether (sulfide) groups is 1. The van der Waals surface area contributed by atoms with Gasteiger partial charge in [-0.05, 0) is 31.3 Å². The lowest BCUT2D eigenvalue weighted by atomic mass is 9.84. The number of aliphatic carboxylic acids is 1. The highest BCUT2D eigenvalue weighted by Crippen LogP contribution is 2.34. The van der Waals surface area contributed by atoms with Crippen LogP contribution in [0, 0.1) is 5.41 Å². The van der Waals surface area contributed by atoms with E-state index in [4.69, 9.17) is 5.73 Å². The number of rotatable bonds is 6. The average molecular weight is 274 g/mol. The summed E-state index contributed by atoms with van der Waals surface area (Å²) < 4.78 is 0. The summed E-state index contributed by atoms with van der Waals surface area (Å²) in [6.45, 7) is 2.66. The standard InChI is InChI=1S/C12H22N2O3S/c1-3-12(11(16)17)5-6-14(8-12)10(15)9(13)4-7-18-2/h9H,3-8,13H2,1-2H3,(H,16,17)/t9-,12?/m0/s1. The zero-order valence-electron chi connectivity index (χ0n) is 11.0. The normalized spacial score (nSPS) is 25.2. The molecule has 0 aromatic rings. The Labute approximate surface area is 112 Å². The Morgan fingerprint density at radius 3 is 2.67 bits per heavy atom. The fourth-order valence-corrected chi connectivity index (χ4v) is 2.77. The van der Waals surface area contributed by atoms with Crippen LogP contribution in [0.15, 0.2) is 0 Å². The fourth-order valence-electron chi connectivity index (χ4n) is 2.28. The van der Waals surface area contributed by atoms with Crippen molar-refractivity contribution in [2.45, 2.75) is 32.2 Å². The largest absolute Gasteiger partial charge is 0.481 e. The van der Waals surface area contributed by atoms with E-state index in [1.807, 2.05) is 13.2 Å². The predicted molar refractivity (Wildman–Crippen MR) is 72.5 cm³/mol. The summed E-state index contributed by atoms with van der Waals surface area (Å²) in [6, 6.07) is -0.501. The molecule has 0 aromatic carbocycles. The Morgan fingerprint density at radius 2 is 2.22 bits per heavy atom. The third-order valence-corrected chi connectivity index (χ3v) is 4.39. The van der Waals surface area contributed by atoms with Crippen LogP contribution in [0.1, 0.15) is 26.2 Å². The topological polar surface area (TPSA) is 83.6 Å². The van der Waals surface area contributed by atoms with E-state index < -0.39 is 17.4 Å². The third kappa shape index (κ3) is 3.17. The molecule has 0 spiro atoms. The number of carbonyl (C=O) groups is 2. The molecular weight excluding hydrogens is 252 g/mol. The number of carbonyl (C=O) groups excluding carboxylic acids is 1. The van der Waals surface area contributed by atoms with Crippen LogP contribution >= 0.6 is 11.8 Å². The summed E-state index contributed by atoms with van der Waals surface area (Å²) >= 11 is 1.65. The number of nitrogens with zero attached hydrogens (tertiary/aromatic N) is 1. The van der Waals surface area contributed by atoms with Gasteiger partial charge in [0.05, 0.1) is 11.5 Å². The van der Waals surface area contributed by atoms with E-state index in [1.54, 1.807) is 16.7 Å². The first-order chi connectivity index (χ1) is 8.46. The smallest absolute Gasteiger partial charge is 0.311 e. The van der Waals surface area contributed by atoms with Gasteiger partial charge < -0.3 is 15.7 Å². The molecule has 1 unspecified atom stereocenters. The van der Waals surface area contributed by atoms with Gasteiger partial charge in [-0.15, -0.1) is 0 Å². The first-order valence-corrected chi connectivity index (χ1v) is 7.63. The lowest BCUT2D eigenvalue weighted by Crippen LogP contribution is -2.44. The minimum atomic E-state index is -0.807. The Morgan fingerprint density at radius 1 is 1.56 bits per heavy atom. The van der Waals surface area contributed by atoms with Crippen LogP contribution in [-0.4, -0.2) is 53.0 Å². The second-order valence-electron chi connectivity index (χ2n) is 4.84. The SMILES string of the molecule is CCC1(C(=O)O)CCN(C(=O)[C@@H](N)CCSC)C1. The van der Waals surface area contributed by atoms with Crippen molar-refractivity contribution in [3.05, 3.63) is 0 Å². The van der Waals surface area contributed by atoms with Gasteiger partial charge in [0.25, 0.3) is 0 Å². The van der Waals surface area contributed by atoms with Crippen LogP contribution in [0.5, 0.6) is 0 Å². The lowest BCUT2D eigenvalue weighted by molar-refractivity contribution is -0.148. The van der Waals surface area contributed by atoms with Gasteiger partial charge in [-0.25, -0.2) is 0 Å². The highest BCUT2D eigenvalue weighted by Gasteiger charge is 2.45. The zero-order chi connectivity index (χ0) is 13.8. The lowest BCUT2D eigenvalue weighted by Gasteiger charge is -2.24. The van der Waals surface area contributed by atoms with E-state index in [0.29, 0.717) is 32.4 Å². The summed E-state index contributed by atoms with van der Waals surface area (Å²) in [5, 5.41) is 9.27. The van der Waals surface area contributed by atoms with Crippen molar-refractivity contribution in [2.24, 2.45) is 11.1 Å². The molecule has 0 saturated carbocycles. The summed E-state index contributed by atoms with van der Waals surface area (Å²) in [4.78, 5) is 25.0. The van der Waals surface area contributed by atoms with Gasteiger partial charge in [-0.2, -0.15) is 11.8 Å². The number of hydrogen-bond donors (Lipinski definition) is 2. The maximum absolute atomic E-state index is 12.1. The summed E-state index contributed by atoms with van der Waals surface area (Å²) in [6.07, 6.45) is 3.69. The van der Waals surface area contributed by atoms with E-state index in [0.717, 1.165) is 5.75 Å².